The summed E-state index contributed by atoms with van der Waals surface area (Å²) in [6, 6.07) is 62.2. The van der Waals surface area contributed by atoms with Gasteiger partial charge in [-0.25, -0.2) is 0 Å². The van der Waals surface area contributed by atoms with Crippen molar-refractivity contribution < 1.29 is 13.3 Å². The van der Waals surface area contributed by atoms with E-state index >= 15 is 0 Å². The van der Waals surface area contributed by atoms with Crippen molar-refractivity contribution in [3.63, 3.8) is 0 Å². The molecule has 0 radical (unpaired) electrons. The second-order valence-corrected chi connectivity index (χ2v) is 53.0. The number of aromatic amines is 2. The molecule has 648 valence electrons. The number of rotatable bonds is 0. The molecule has 0 amide bonds. The van der Waals surface area contributed by atoms with Crippen LogP contribution in [0.3, 0.4) is 0 Å². The first kappa shape index (κ1) is 70.0. The van der Waals surface area contributed by atoms with Crippen LogP contribution < -0.4 is 0 Å². The minimum atomic E-state index is 0.955. The van der Waals surface area contributed by atoms with E-state index in [0.717, 1.165) is 39.9 Å². The smallest absolute Gasteiger partial charge is 0.144 e. The minimum Gasteiger partial charge on any atom is -0.455 e. The molecule has 17 heterocycles. The zero-order valence-electron chi connectivity index (χ0n) is 73.6. The Morgan fingerprint density at radius 2 is 0.417 bits per heavy atom. The molecule has 0 fully saturated rings. The standard InChI is InChI=1S/C43H16N2S3.C42H12O3S3.C42H12S6/c1-4-14-10-18-19-11-46-42-16-6-2-8-22-25(16)37-35-32(28(19)42)31-27(18)24(14)15(5-1)41-29-20(12-47-41)39-38-26-17(7-3-9-23(26)45-39)43-30(34(35)36(38)33(29)31)21(13-48-43)40(37)44-22;1-4-13-22-19(7-1)43-37-17-11-47-41-14-5-2-9-21-24(14)36-33-29(26(17)41)31(34(22)37)28-25-16(10-46-40(13)25)38-35-23-15(6-3-8-20(23)44-38)42-27(30(33)32(28)35)18(12-48-42)39(36)45-21;1-4-13-22-19(7-1)46-40-17-11-44-38-14-5-2-9-21-24(14)36-33-29(26(17)38)31(34(22)40)28-25-16(10-43-37(13)25)41-35-23-15(6-3-8-20(23)47-41)39-27(30(33)32(28)35)18(12-45-39)42(36)48-21/h1-9,11-13,44-45H,10H2;2*1-12H. The molecule has 30 aromatic carbocycles. The normalized spacial score (nSPS) is 14.4. The molecule has 17 aromatic heterocycles. The Bertz CT molecular complexity index is 13200. The number of furan rings is 3. The topological polar surface area (TPSA) is 71.0 Å². The Labute approximate surface area is 845 Å². The van der Waals surface area contributed by atoms with Gasteiger partial charge in [0.25, 0.3) is 0 Å². The third-order valence-electron chi connectivity index (χ3n) is 36.7. The maximum absolute atomic E-state index is 6.99. The Kier molecular flexibility index (Phi) is 10.6. The van der Waals surface area contributed by atoms with Gasteiger partial charge in [-0.1, -0.05) is 115 Å². The molecule has 47 aromatic rings. The molecule has 0 bridgehead atoms. The third kappa shape index (κ3) is 6.65. The summed E-state index contributed by atoms with van der Waals surface area (Å²) in [4.78, 5) is 8.05. The molecule has 17 heteroatoms. The average molecular weight is 2030 g/mol. The molecule has 5 nitrogen and oxygen atoms in total. The van der Waals surface area contributed by atoms with Gasteiger partial charge in [-0.3, -0.25) is 0 Å². The monoisotopic (exact) mass is 2020 g/mol. The number of thiophene rings is 12. The van der Waals surface area contributed by atoms with Crippen molar-refractivity contribution in [3.05, 3.63) is 223 Å². The summed E-state index contributed by atoms with van der Waals surface area (Å²) >= 11 is 23.4. The van der Waals surface area contributed by atoms with Crippen LogP contribution in [0.4, 0.5) is 0 Å². The molecule has 0 atom stereocenters. The Balaban J connectivity index is 0.0000000792. The highest BCUT2D eigenvalue weighted by molar-refractivity contribution is 7.31. The lowest BCUT2D eigenvalue weighted by Crippen LogP contribution is -1.91. The molecule has 0 spiro atoms. The fourth-order valence-corrected chi connectivity index (χ4v) is 46.0. The van der Waals surface area contributed by atoms with Gasteiger partial charge in [0, 0.05) is 442 Å². The molecule has 0 unspecified atom stereocenters. The number of hydrogen-bond donors (Lipinski definition) is 2. The van der Waals surface area contributed by atoms with Crippen LogP contribution in [0.25, 0.3) is 465 Å². The largest absolute Gasteiger partial charge is 0.455 e. The molecule has 144 heavy (non-hydrogen) atoms. The van der Waals surface area contributed by atoms with Crippen LogP contribution in [-0.4, -0.2) is 9.97 Å². The predicted octanol–water partition coefficient (Wildman–Crippen LogP) is 44.3. The molecule has 2 N–H and O–H groups in total. The van der Waals surface area contributed by atoms with Gasteiger partial charge in [0.15, 0.2) is 0 Å². The lowest BCUT2D eigenvalue weighted by Gasteiger charge is -2.17. The Morgan fingerprint density at radius 3 is 0.778 bits per heavy atom. The van der Waals surface area contributed by atoms with E-state index in [2.05, 4.69) is 222 Å². The molecular formula is C127H40N2O3S12. The van der Waals surface area contributed by atoms with Gasteiger partial charge < -0.3 is 23.2 Å². The Hall–Kier alpha value is -14.7. The maximum Gasteiger partial charge on any atom is 0.144 e. The van der Waals surface area contributed by atoms with Gasteiger partial charge in [0.1, 0.15) is 33.5 Å². The van der Waals surface area contributed by atoms with Crippen molar-refractivity contribution >= 4 is 601 Å². The molecule has 48 rings (SSSR count). The van der Waals surface area contributed by atoms with Crippen molar-refractivity contribution in [3.8, 4) is 0 Å². The molecular weight excluding hydrogens is 1990 g/mol. The molecule has 1 aliphatic rings. The zero-order chi connectivity index (χ0) is 90.1. The van der Waals surface area contributed by atoms with Crippen molar-refractivity contribution in [1.82, 2.24) is 9.97 Å². The third-order valence-corrected chi connectivity index (χ3v) is 49.3. The SMILES string of the molecule is c1cc2c3c(c1)c1scc4c5[nH]c6cccc7c8scc9c%10[nH]c%11cccc%12c%13scc%14c(c3c3c(c%14%13)c(c%10c%11%12)c(c98)c(c5c67)c3c41)C2.c1cc2oc3c4csc5c6cccc7oc8c9csc%10c%11cccc%12oc%13c%14csc%15c(c1)c2c3c1c(c45)c(c8c76)c(c9%10)c(c%13c%12%11)c1c%14%15.c1cc2sc3c4csc5c6cccc7sc8c9csc%10c%11cccc%12sc%13c%14csc%15c(c1)c2c3c1c(c45)c(c8c76)c(c9%10)c(c%13c%12%11)c1c%14%15. The van der Waals surface area contributed by atoms with E-state index in [4.69, 9.17) is 13.3 Å². The molecule has 0 saturated carbocycles. The first-order chi connectivity index (χ1) is 71.5. The number of aromatic nitrogens is 2. The second-order valence-electron chi connectivity index (χ2n) is 41.9. The zero-order valence-corrected chi connectivity index (χ0v) is 83.4. The van der Waals surface area contributed by atoms with Crippen molar-refractivity contribution in [2.75, 3.05) is 0 Å². The van der Waals surface area contributed by atoms with Gasteiger partial charge in [0.05, 0.1) is 11.0 Å². The fourth-order valence-electron chi connectivity index (χ4n) is 32.1. The minimum absolute atomic E-state index is 0.955. The number of hydrogen-bond acceptors (Lipinski definition) is 15. The van der Waals surface area contributed by atoms with Gasteiger partial charge >= 0.3 is 0 Å². The fraction of sp³-hybridized carbons (Fsp3) is 0.00787. The highest BCUT2D eigenvalue weighted by Gasteiger charge is 2.42. The van der Waals surface area contributed by atoms with E-state index in [1.165, 1.54) is 443 Å². The summed E-state index contributed by atoms with van der Waals surface area (Å²) < 4.78 is 42.2. The predicted molar refractivity (Wildman–Crippen MR) is 643 cm³/mol. The number of fused-ring (bicyclic) bond motifs is 18. The van der Waals surface area contributed by atoms with Gasteiger partial charge in [-0.05, 0) is 93.0 Å². The van der Waals surface area contributed by atoms with Crippen molar-refractivity contribution in [1.29, 1.82) is 0 Å². The highest BCUT2D eigenvalue weighted by atomic mass is 32.1. The maximum atomic E-state index is 6.99. The van der Waals surface area contributed by atoms with Gasteiger partial charge in [-0.2, -0.15) is 0 Å². The molecule has 1 aliphatic carbocycles. The molecule has 0 saturated heterocycles. The van der Waals surface area contributed by atoms with Crippen molar-refractivity contribution in [2.45, 2.75) is 6.42 Å². The Morgan fingerprint density at radius 1 is 0.167 bits per heavy atom. The van der Waals surface area contributed by atoms with E-state index in [9.17, 15) is 0 Å². The van der Waals surface area contributed by atoms with E-state index in [0.29, 0.717) is 0 Å². The highest BCUT2D eigenvalue weighted by Crippen LogP contribution is 2.71. The summed E-state index contributed by atoms with van der Waals surface area (Å²) in [6.07, 6.45) is 1.00. The second kappa shape index (κ2) is 21.7. The van der Waals surface area contributed by atoms with Crippen LogP contribution in [-0.2, 0) is 6.42 Å². The summed E-state index contributed by atoms with van der Waals surface area (Å²) in [5.74, 6) is 0. The lowest BCUT2D eigenvalue weighted by atomic mass is 9.84. The van der Waals surface area contributed by atoms with E-state index in [-0.39, 0.29) is 0 Å². The van der Waals surface area contributed by atoms with E-state index < -0.39 is 0 Å². The van der Waals surface area contributed by atoms with Crippen LogP contribution in [0.15, 0.2) is 225 Å². The summed E-state index contributed by atoms with van der Waals surface area (Å²) in [5, 5.41) is 110. The van der Waals surface area contributed by atoms with E-state index in [1.54, 1.807) is 0 Å². The number of nitrogens with one attached hydrogen (secondary N) is 2. The van der Waals surface area contributed by atoms with Crippen LogP contribution >= 0.6 is 136 Å². The summed E-state index contributed by atoms with van der Waals surface area (Å²) in [6.45, 7) is 0. The number of benzene rings is 21. The van der Waals surface area contributed by atoms with Crippen LogP contribution in [0.5, 0.6) is 0 Å². The average Bonchev–Trinajstić information content (AvgIpc) is 1.47. The van der Waals surface area contributed by atoms with Crippen LogP contribution in [0, 0.1) is 0 Å². The first-order valence-corrected chi connectivity index (χ1v) is 59.3. The quantitative estimate of drug-likeness (QED) is 0.149. The summed E-state index contributed by atoms with van der Waals surface area (Å²) in [7, 11) is 0. The van der Waals surface area contributed by atoms with Gasteiger partial charge in [-0.15, -0.1) is 136 Å². The lowest BCUT2D eigenvalue weighted by molar-refractivity contribution is 0.673. The van der Waals surface area contributed by atoms with Crippen molar-refractivity contribution in [2.24, 2.45) is 0 Å². The number of H-pyrrole nitrogens is 2. The first-order valence-electron chi connectivity index (χ1n) is 48.9. The molecule has 0 aliphatic heterocycles. The van der Waals surface area contributed by atoms with Gasteiger partial charge in [0.2, 0.25) is 0 Å². The van der Waals surface area contributed by atoms with Crippen LogP contribution in [0.2, 0.25) is 0 Å². The van der Waals surface area contributed by atoms with Crippen LogP contribution in [0.1, 0.15) is 11.1 Å². The van der Waals surface area contributed by atoms with E-state index in [1.807, 2.05) is 136 Å². The summed E-state index contributed by atoms with van der Waals surface area (Å²) in [5.41, 5.74) is 14.0.